The summed E-state index contributed by atoms with van der Waals surface area (Å²) in [6.07, 6.45) is 1.61. The van der Waals surface area contributed by atoms with Crippen LogP contribution in [0.15, 0.2) is 24.4 Å². The van der Waals surface area contributed by atoms with E-state index in [9.17, 15) is 14.7 Å². The van der Waals surface area contributed by atoms with Gasteiger partial charge in [0, 0.05) is 22.7 Å². The van der Waals surface area contributed by atoms with E-state index in [0.29, 0.717) is 17.6 Å². The Balaban J connectivity index is 2.50. The molecule has 0 spiro atoms. The number of ether oxygens (including phenoxy) is 1. The number of Topliss-reactive ketones (excluding diaryl/α,β-unsaturated/α-hetero) is 1. The highest BCUT2D eigenvalue weighted by molar-refractivity contribution is 6.07. The summed E-state index contributed by atoms with van der Waals surface area (Å²) in [5.41, 5.74) is 1.20. The van der Waals surface area contributed by atoms with Gasteiger partial charge in [-0.25, -0.2) is 0 Å². The molecule has 0 fully saturated rings. The quantitative estimate of drug-likeness (QED) is 0.676. The van der Waals surface area contributed by atoms with Crippen LogP contribution in [0.5, 0.6) is 5.75 Å². The van der Waals surface area contributed by atoms with E-state index in [1.54, 1.807) is 23.8 Å². The van der Waals surface area contributed by atoms with Crippen LogP contribution in [0.4, 0.5) is 0 Å². The third-order valence-corrected chi connectivity index (χ3v) is 2.85. The summed E-state index contributed by atoms with van der Waals surface area (Å²) in [4.78, 5) is 23.1. The standard InChI is InChI=1S/C14H15NO4/c1-3-19-14(18)8-15-7-12(9(2)16)11-6-10(17)4-5-13(11)15/h4-7,17H,3,8H2,1-2H3. The molecule has 1 heterocycles. The Morgan fingerprint density at radius 3 is 2.74 bits per heavy atom. The Bertz CT molecular complexity index is 642. The van der Waals surface area contributed by atoms with Gasteiger partial charge in [0.2, 0.25) is 0 Å². The first-order valence-electron chi connectivity index (χ1n) is 6.01. The number of ketones is 1. The maximum Gasteiger partial charge on any atom is 0.325 e. The summed E-state index contributed by atoms with van der Waals surface area (Å²) in [5, 5.41) is 10.1. The van der Waals surface area contributed by atoms with E-state index in [1.165, 1.54) is 19.1 Å². The first kappa shape index (κ1) is 13.1. The van der Waals surface area contributed by atoms with Gasteiger partial charge < -0.3 is 14.4 Å². The number of carbonyl (C=O) groups is 2. The first-order chi connectivity index (χ1) is 9.02. The molecule has 0 bridgehead atoms. The minimum absolute atomic E-state index is 0.0440. The molecule has 0 aliphatic heterocycles. The molecule has 100 valence electrons. The minimum Gasteiger partial charge on any atom is -0.508 e. The average molecular weight is 261 g/mol. The molecule has 1 N–H and O–H groups in total. The summed E-state index contributed by atoms with van der Waals surface area (Å²) >= 11 is 0. The highest BCUT2D eigenvalue weighted by Gasteiger charge is 2.14. The third kappa shape index (κ3) is 2.59. The van der Waals surface area contributed by atoms with Crippen molar-refractivity contribution in [3.8, 4) is 5.75 Å². The summed E-state index contributed by atoms with van der Waals surface area (Å²) in [6.45, 7) is 3.55. The Morgan fingerprint density at radius 2 is 2.11 bits per heavy atom. The van der Waals surface area contributed by atoms with Gasteiger partial charge in [-0.15, -0.1) is 0 Å². The highest BCUT2D eigenvalue weighted by Crippen LogP contribution is 2.26. The summed E-state index contributed by atoms with van der Waals surface area (Å²) < 4.78 is 6.55. The van der Waals surface area contributed by atoms with Crippen molar-refractivity contribution < 1.29 is 19.4 Å². The molecule has 2 aromatic rings. The van der Waals surface area contributed by atoms with Crippen molar-refractivity contribution in [2.24, 2.45) is 0 Å². The number of hydrogen-bond donors (Lipinski definition) is 1. The number of rotatable bonds is 4. The molecule has 0 saturated heterocycles. The molecule has 1 aromatic heterocycles. The van der Waals surface area contributed by atoms with Gasteiger partial charge in [0.05, 0.1) is 6.61 Å². The monoisotopic (exact) mass is 261 g/mol. The van der Waals surface area contributed by atoms with E-state index in [2.05, 4.69) is 0 Å². The molecule has 0 atom stereocenters. The van der Waals surface area contributed by atoms with Gasteiger partial charge in [0.25, 0.3) is 0 Å². The molecule has 0 saturated carbocycles. The predicted octanol–water partition coefficient (Wildman–Crippen LogP) is 2.11. The fraction of sp³-hybridized carbons (Fsp3) is 0.286. The third-order valence-electron chi connectivity index (χ3n) is 2.85. The van der Waals surface area contributed by atoms with Crippen LogP contribution < -0.4 is 0 Å². The molecule has 1 aromatic carbocycles. The van der Waals surface area contributed by atoms with E-state index in [-0.39, 0.29) is 24.0 Å². The zero-order chi connectivity index (χ0) is 14.0. The summed E-state index contributed by atoms with van der Waals surface area (Å²) in [6, 6.07) is 4.72. The fourth-order valence-electron chi connectivity index (χ4n) is 2.04. The van der Waals surface area contributed by atoms with Gasteiger partial charge in [-0.3, -0.25) is 9.59 Å². The number of hydrogen-bond acceptors (Lipinski definition) is 4. The normalized spacial score (nSPS) is 10.6. The van der Waals surface area contributed by atoms with Gasteiger partial charge in [0.1, 0.15) is 12.3 Å². The second-order valence-corrected chi connectivity index (χ2v) is 4.23. The van der Waals surface area contributed by atoms with Crippen LogP contribution >= 0.6 is 0 Å². The number of aromatic hydroxyl groups is 1. The second kappa shape index (κ2) is 5.14. The lowest BCUT2D eigenvalue weighted by Gasteiger charge is -2.04. The Hall–Kier alpha value is -2.30. The first-order valence-corrected chi connectivity index (χ1v) is 6.01. The van der Waals surface area contributed by atoms with Gasteiger partial charge in [0.15, 0.2) is 5.78 Å². The number of esters is 1. The van der Waals surface area contributed by atoms with Crippen molar-refractivity contribution in [2.45, 2.75) is 20.4 Å². The van der Waals surface area contributed by atoms with E-state index >= 15 is 0 Å². The fourth-order valence-corrected chi connectivity index (χ4v) is 2.04. The smallest absolute Gasteiger partial charge is 0.325 e. The number of benzene rings is 1. The topological polar surface area (TPSA) is 68.5 Å². The molecule has 19 heavy (non-hydrogen) atoms. The lowest BCUT2D eigenvalue weighted by atomic mass is 10.1. The van der Waals surface area contributed by atoms with Crippen LogP contribution in [0.1, 0.15) is 24.2 Å². The van der Waals surface area contributed by atoms with Crippen molar-refractivity contribution in [2.75, 3.05) is 6.61 Å². The van der Waals surface area contributed by atoms with Crippen molar-refractivity contribution in [1.29, 1.82) is 0 Å². The van der Waals surface area contributed by atoms with Crippen molar-refractivity contribution >= 4 is 22.7 Å². The Kier molecular flexibility index (Phi) is 3.55. The molecule has 0 unspecified atom stereocenters. The van der Waals surface area contributed by atoms with Gasteiger partial charge in [-0.1, -0.05) is 0 Å². The van der Waals surface area contributed by atoms with Crippen LogP contribution in [0.2, 0.25) is 0 Å². The Morgan fingerprint density at radius 1 is 1.37 bits per heavy atom. The second-order valence-electron chi connectivity index (χ2n) is 4.23. The summed E-state index contributed by atoms with van der Waals surface area (Å²) in [5.74, 6) is -0.385. The molecule has 0 amide bonds. The van der Waals surface area contributed by atoms with Crippen molar-refractivity contribution in [3.63, 3.8) is 0 Å². The number of fused-ring (bicyclic) bond motifs is 1. The van der Waals surface area contributed by atoms with E-state index in [1.807, 2.05) is 0 Å². The summed E-state index contributed by atoms with van der Waals surface area (Å²) in [7, 11) is 0. The lowest BCUT2D eigenvalue weighted by Crippen LogP contribution is -2.12. The molecule has 0 aliphatic rings. The van der Waals surface area contributed by atoms with Crippen LogP contribution in [0, 0.1) is 0 Å². The van der Waals surface area contributed by atoms with Crippen LogP contribution in [0.3, 0.4) is 0 Å². The van der Waals surface area contributed by atoms with E-state index in [0.717, 1.165) is 5.52 Å². The van der Waals surface area contributed by atoms with Gasteiger partial charge in [-0.05, 0) is 32.0 Å². The van der Waals surface area contributed by atoms with Gasteiger partial charge >= 0.3 is 5.97 Å². The molecular weight excluding hydrogens is 246 g/mol. The number of aromatic nitrogens is 1. The SMILES string of the molecule is CCOC(=O)Cn1cc(C(C)=O)c2cc(O)ccc21. The number of carbonyl (C=O) groups excluding carboxylic acids is 2. The van der Waals surface area contributed by atoms with Crippen LogP contribution in [-0.4, -0.2) is 28.0 Å². The van der Waals surface area contributed by atoms with Crippen molar-refractivity contribution in [3.05, 3.63) is 30.0 Å². The minimum atomic E-state index is -0.359. The zero-order valence-corrected chi connectivity index (χ0v) is 10.8. The number of nitrogens with zero attached hydrogens (tertiary/aromatic N) is 1. The van der Waals surface area contributed by atoms with E-state index < -0.39 is 0 Å². The van der Waals surface area contributed by atoms with Crippen LogP contribution in [-0.2, 0) is 16.1 Å². The highest BCUT2D eigenvalue weighted by atomic mass is 16.5. The van der Waals surface area contributed by atoms with Crippen molar-refractivity contribution in [1.82, 2.24) is 4.57 Å². The number of phenolic OH excluding ortho intramolecular Hbond substituents is 1. The zero-order valence-electron chi connectivity index (χ0n) is 10.8. The largest absolute Gasteiger partial charge is 0.508 e. The molecular formula is C14H15NO4. The maximum absolute atomic E-state index is 11.6. The molecule has 0 aliphatic carbocycles. The maximum atomic E-state index is 11.6. The van der Waals surface area contributed by atoms with Crippen LogP contribution in [0.25, 0.3) is 10.9 Å². The Labute approximate surface area is 110 Å². The molecule has 2 rings (SSSR count). The molecule has 5 nitrogen and oxygen atoms in total. The predicted molar refractivity (Wildman–Crippen MR) is 70.2 cm³/mol. The van der Waals surface area contributed by atoms with Gasteiger partial charge in [-0.2, -0.15) is 0 Å². The molecule has 0 radical (unpaired) electrons. The molecule has 5 heteroatoms. The lowest BCUT2D eigenvalue weighted by molar-refractivity contribution is -0.143. The average Bonchev–Trinajstić information content (AvgIpc) is 2.67. The van der Waals surface area contributed by atoms with E-state index in [4.69, 9.17) is 4.74 Å². The number of phenols is 1.